The van der Waals surface area contributed by atoms with Gasteiger partial charge in [-0.05, 0) is 42.0 Å². The molecule has 0 N–H and O–H groups in total. The zero-order valence-corrected chi connectivity index (χ0v) is 30.4. The fourth-order valence-corrected chi connectivity index (χ4v) is 8.50. The molecule has 0 saturated heterocycles. The van der Waals surface area contributed by atoms with Gasteiger partial charge in [0.15, 0.2) is 23.1 Å². The molecule has 8 aromatic carbocycles. The maximum absolute atomic E-state index is 7.01. The molecule has 6 heteroatoms. The number of benzene rings is 8. The summed E-state index contributed by atoms with van der Waals surface area (Å²) in [6, 6.07) is 62.5. The van der Waals surface area contributed by atoms with E-state index in [-0.39, 0.29) is 0 Å². The number of fused-ring (bicyclic) bond motifs is 9. The first-order chi connectivity index (χ1) is 28.3. The molecule has 6 nitrogen and oxygen atoms in total. The summed E-state index contributed by atoms with van der Waals surface area (Å²) in [5.41, 5.74) is 11.0. The summed E-state index contributed by atoms with van der Waals surface area (Å²) in [5.74, 6) is 1.78. The fraction of sp³-hybridized carbons (Fsp3) is 0. The van der Waals surface area contributed by atoms with Crippen LogP contribution in [0.5, 0.6) is 0 Å². The van der Waals surface area contributed by atoms with Gasteiger partial charge in [-0.1, -0.05) is 146 Å². The van der Waals surface area contributed by atoms with Crippen LogP contribution in [0.4, 0.5) is 0 Å². The van der Waals surface area contributed by atoms with Crippen LogP contribution < -0.4 is 0 Å². The van der Waals surface area contributed by atoms with Gasteiger partial charge in [0.25, 0.3) is 0 Å². The van der Waals surface area contributed by atoms with Crippen LogP contribution in [0.25, 0.3) is 117 Å². The van der Waals surface area contributed by atoms with E-state index in [1.807, 2.05) is 84.9 Å². The van der Waals surface area contributed by atoms with Crippen molar-refractivity contribution in [2.24, 2.45) is 0 Å². The highest BCUT2D eigenvalue weighted by Gasteiger charge is 2.24. The maximum Gasteiger partial charge on any atom is 0.164 e. The zero-order valence-electron chi connectivity index (χ0n) is 30.4. The van der Waals surface area contributed by atoms with E-state index in [9.17, 15) is 0 Å². The first-order valence-electron chi connectivity index (χ1n) is 19.0. The fourth-order valence-electron chi connectivity index (χ4n) is 8.50. The van der Waals surface area contributed by atoms with Crippen LogP contribution in [-0.4, -0.2) is 19.5 Å². The molecule has 0 bridgehead atoms. The van der Waals surface area contributed by atoms with Crippen molar-refractivity contribution < 1.29 is 8.83 Å². The Hall–Kier alpha value is -7.83. The van der Waals surface area contributed by atoms with Crippen LogP contribution in [-0.2, 0) is 0 Å². The molecule has 0 atom stereocenters. The number of nitrogens with zero attached hydrogens (tertiary/aromatic N) is 4. The summed E-state index contributed by atoms with van der Waals surface area (Å²) >= 11 is 0. The normalized spacial score (nSPS) is 11.9. The van der Waals surface area contributed by atoms with Crippen molar-refractivity contribution in [3.8, 4) is 51.0 Å². The molecule has 0 aliphatic rings. The summed E-state index contributed by atoms with van der Waals surface area (Å²) in [4.78, 5) is 15.3. The molecule has 12 rings (SSSR count). The number of hydrogen-bond acceptors (Lipinski definition) is 5. The molecule has 0 radical (unpaired) electrons. The quantitative estimate of drug-likeness (QED) is 0.176. The third-order valence-electron chi connectivity index (χ3n) is 11.1. The van der Waals surface area contributed by atoms with Crippen LogP contribution in [0.3, 0.4) is 0 Å². The average molecular weight is 731 g/mol. The van der Waals surface area contributed by atoms with Crippen molar-refractivity contribution in [1.29, 1.82) is 0 Å². The lowest BCUT2D eigenvalue weighted by Gasteiger charge is -2.12. The van der Waals surface area contributed by atoms with Crippen LogP contribution in [0.2, 0.25) is 0 Å². The Bertz CT molecular complexity index is 3410. The molecular weight excluding hydrogens is 701 g/mol. The van der Waals surface area contributed by atoms with Gasteiger partial charge in [0.1, 0.15) is 16.7 Å². The van der Waals surface area contributed by atoms with Gasteiger partial charge in [0, 0.05) is 54.6 Å². The van der Waals surface area contributed by atoms with Crippen molar-refractivity contribution in [2.45, 2.75) is 0 Å². The van der Waals surface area contributed by atoms with Crippen molar-refractivity contribution in [3.63, 3.8) is 0 Å². The molecule has 0 unspecified atom stereocenters. The van der Waals surface area contributed by atoms with Gasteiger partial charge in [-0.15, -0.1) is 0 Å². The first-order valence-corrected chi connectivity index (χ1v) is 19.0. The Kier molecular flexibility index (Phi) is 6.83. The van der Waals surface area contributed by atoms with Gasteiger partial charge in [0.2, 0.25) is 0 Å². The van der Waals surface area contributed by atoms with Crippen molar-refractivity contribution >= 4 is 65.7 Å². The number of rotatable bonds is 5. The molecular formula is C51H30N4O2. The number of aromatic nitrogens is 4. The third-order valence-corrected chi connectivity index (χ3v) is 11.1. The van der Waals surface area contributed by atoms with Gasteiger partial charge < -0.3 is 13.4 Å². The van der Waals surface area contributed by atoms with E-state index in [0.29, 0.717) is 17.5 Å². The minimum absolute atomic E-state index is 0.569. The molecule has 57 heavy (non-hydrogen) atoms. The molecule has 0 amide bonds. The molecule has 0 aliphatic carbocycles. The second-order valence-electron chi connectivity index (χ2n) is 14.3. The van der Waals surface area contributed by atoms with E-state index in [4.69, 9.17) is 23.8 Å². The second-order valence-corrected chi connectivity index (χ2v) is 14.3. The Labute approximate surface area is 325 Å². The van der Waals surface area contributed by atoms with Crippen LogP contribution >= 0.6 is 0 Å². The molecule has 0 aliphatic heterocycles. The summed E-state index contributed by atoms with van der Waals surface area (Å²) in [6.45, 7) is 0. The lowest BCUT2D eigenvalue weighted by Crippen LogP contribution is -2.00. The lowest BCUT2D eigenvalue weighted by molar-refractivity contribution is 0.666. The molecule has 12 aromatic rings. The minimum atomic E-state index is 0.569. The van der Waals surface area contributed by atoms with Gasteiger partial charge in [-0.25, -0.2) is 15.0 Å². The maximum atomic E-state index is 7.01. The standard InChI is InChI=1S/C51H30N4O2/c1-3-15-31(16-4-1)49-52-50(32-17-5-2-6-18-32)54-51(53-49)39-24-14-28-45-46(39)40-29-33(34-22-13-23-38-37-21-9-12-27-44(37)56-47(34)38)30-43(48(40)57-45)55-41-25-10-7-19-35(41)36-20-8-11-26-42(36)55/h1-30H. The minimum Gasteiger partial charge on any atom is -0.455 e. The number of para-hydroxylation sites is 4. The largest absolute Gasteiger partial charge is 0.455 e. The molecule has 4 aromatic heterocycles. The predicted molar refractivity (Wildman–Crippen MR) is 230 cm³/mol. The number of furan rings is 2. The first kappa shape index (κ1) is 31.5. The predicted octanol–water partition coefficient (Wildman–Crippen LogP) is 13.4. The zero-order chi connectivity index (χ0) is 37.5. The van der Waals surface area contributed by atoms with E-state index in [1.54, 1.807) is 0 Å². The average Bonchev–Trinajstić information content (AvgIpc) is 3.96. The molecule has 0 saturated carbocycles. The topological polar surface area (TPSA) is 69.9 Å². The van der Waals surface area contributed by atoms with E-state index in [1.165, 1.54) is 10.8 Å². The smallest absolute Gasteiger partial charge is 0.164 e. The Morgan fingerprint density at radius 2 is 0.877 bits per heavy atom. The molecule has 0 spiro atoms. The summed E-state index contributed by atoms with van der Waals surface area (Å²) < 4.78 is 16.0. The van der Waals surface area contributed by atoms with Gasteiger partial charge in [-0.3, -0.25) is 0 Å². The molecule has 0 fully saturated rings. The van der Waals surface area contributed by atoms with Crippen LogP contribution in [0.1, 0.15) is 0 Å². The van der Waals surface area contributed by atoms with Crippen LogP contribution in [0, 0.1) is 0 Å². The Morgan fingerprint density at radius 1 is 0.351 bits per heavy atom. The highest BCUT2D eigenvalue weighted by molar-refractivity contribution is 6.18. The highest BCUT2D eigenvalue weighted by Crippen LogP contribution is 2.45. The number of hydrogen-bond donors (Lipinski definition) is 0. The van der Waals surface area contributed by atoms with Crippen molar-refractivity contribution in [3.05, 3.63) is 182 Å². The van der Waals surface area contributed by atoms with Gasteiger partial charge >= 0.3 is 0 Å². The van der Waals surface area contributed by atoms with E-state index >= 15 is 0 Å². The monoisotopic (exact) mass is 730 g/mol. The summed E-state index contributed by atoms with van der Waals surface area (Å²) in [5, 5.41) is 6.40. The highest BCUT2D eigenvalue weighted by atomic mass is 16.3. The summed E-state index contributed by atoms with van der Waals surface area (Å²) in [6.07, 6.45) is 0. The lowest BCUT2D eigenvalue weighted by atomic mass is 9.98. The Balaban J connectivity index is 1.20. The van der Waals surface area contributed by atoms with Gasteiger partial charge in [-0.2, -0.15) is 0 Å². The molecule has 4 heterocycles. The van der Waals surface area contributed by atoms with E-state index < -0.39 is 0 Å². The molecule has 266 valence electrons. The van der Waals surface area contributed by atoms with Gasteiger partial charge in [0.05, 0.1) is 16.7 Å². The Morgan fingerprint density at radius 3 is 1.58 bits per heavy atom. The van der Waals surface area contributed by atoms with E-state index in [0.717, 1.165) is 88.4 Å². The SMILES string of the molecule is c1ccc(-c2nc(-c3ccccc3)nc(-c3cccc4oc5c(-n6c7ccccc7c7ccccc76)cc(-c6cccc7c6oc6ccccc67)cc5c34)n2)cc1. The van der Waals surface area contributed by atoms with Crippen LogP contribution in [0.15, 0.2) is 191 Å². The van der Waals surface area contributed by atoms with Crippen molar-refractivity contribution in [1.82, 2.24) is 19.5 Å². The second kappa shape index (κ2) is 12.3. The van der Waals surface area contributed by atoms with E-state index in [2.05, 4.69) is 102 Å². The summed E-state index contributed by atoms with van der Waals surface area (Å²) in [7, 11) is 0. The third kappa shape index (κ3) is 4.87. The van der Waals surface area contributed by atoms with Crippen molar-refractivity contribution in [2.75, 3.05) is 0 Å².